The first-order valence-electron chi connectivity index (χ1n) is 6.58. The van der Waals surface area contributed by atoms with Crippen molar-refractivity contribution >= 4 is 21.4 Å². The van der Waals surface area contributed by atoms with E-state index in [4.69, 9.17) is 10.9 Å². The van der Waals surface area contributed by atoms with Crippen molar-refractivity contribution in [2.45, 2.75) is 18.2 Å². The molecular formula is C15H19N3O2S. The Morgan fingerprint density at radius 2 is 1.81 bits per heavy atom. The summed E-state index contributed by atoms with van der Waals surface area (Å²) in [6.45, 7) is 2.39. The van der Waals surface area contributed by atoms with Gasteiger partial charge in [-0.15, -0.1) is 0 Å². The van der Waals surface area contributed by atoms with Crippen LogP contribution in [-0.2, 0) is 16.4 Å². The molecule has 0 heterocycles. The molecular weight excluding hydrogens is 286 g/mol. The number of nitrogens with two attached hydrogens (primary N) is 2. The predicted molar refractivity (Wildman–Crippen MR) is 85.6 cm³/mol. The largest absolute Gasteiger partial charge is 0.399 e. The van der Waals surface area contributed by atoms with Crippen LogP contribution in [-0.4, -0.2) is 15.0 Å². The van der Waals surface area contributed by atoms with Crippen molar-refractivity contribution < 1.29 is 8.42 Å². The summed E-state index contributed by atoms with van der Waals surface area (Å²) in [5.41, 5.74) is 8.59. The van der Waals surface area contributed by atoms with Crippen LogP contribution in [0.4, 0.5) is 11.4 Å². The van der Waals surface area contributed by atoms with Crippen LogP contribution in [0.3, 0.4) is 0 Å². The van der Waals surface area contributed by atoms with Crippen LogP contribution in [0, 0.1) is 6.92 Å². The number of nitrogens with one attached hydrogen (secondary N) is 1. The van der Waals surface area contributed by atoms with Crippen molar-refractivity contribution in [1.29, 1.82) is 0 Å². The van der Waals surface area contributed by atoms with Gasteiger partial charge in [0.2, 0.25) is 10.0 Å². The van der Waals surface area contributed by atoms with Crippen LogP contribution in [0.1, 0.15) is 11.1 Å². The molecule has 0 fully saturated rings. The summed E-state index contributed by atoms with van der Waals surface area (Å²) >= 11 is 0. The van der Waals surface area contributed by atoms with E-state index < -0.39 is 10.0 Å². The van der Waals surface area contributed by atoms with E-state index in [1.807, 2.05) is 30.3 Å². The molecule has 5 nitrogen and oxygen atoms in total. The topological polar surface area (TPSA) is 98.2 Å². The number of rotatable bonds is 5. The Bertz CT molecular complexity index is 728. The lowest BCUT2D eigenvalue weighted by Gasteiger charge is -2.13. The number of primary sulfonamides is 1. The van der Waals surface area contributed by atoms with Crippen LogP contribution in [0.15, 0.2) is 47.4 Å². The lowest BCUT2D eigenvalue weighted by Crippen LogP contribution is -2.16. The zero-order valence-corrected chi connectivity index (χ0v) is 12.7. The van der Waals surface area contributed by atoms with Gasteiger partial charge in [-0.3, -0.25) is 0 Å². The minimum atomic E-state index is -3.78. The number of nitrogen functional groups attached to an aromatic ring is 1. The maximum atomic E-state index is 11.5. The third-order valence-corrected chi connectivity index (χ3v) is 4.30. The first-order chi connectivity index (χ1) is 9.88. The van der Waals surface area contributed by atoms with E-state index in [1.165, 1.54) is 11.6 Å². The highest BCUT2D eigenvalue weighted by atomic mass is 32.2. The van der Waals surface area contributed by atoms with Crippen LogP contribution in [0.5, 0.6) is 0 Å². The summed E-state index contributed by atoms with van der Waals surface area (Å²) < 4.78 is 23.1. The van der Waals surface area contributed by atoms with E-state index in [0.29, 0.717) is 23.5 Å². The van der Waals surface area contributed by atoms with Crippen molar-refractivity contribution in [2.24, 2.45) is 5.14 Å². The van der Waals surface area contributed by atoms with Crippen LogP contribution in [0.2, 0.25) is 0 Å². The van der Waals surface area contributed by atoms with Gasteiger partial charge in [0.05, 0.1) is 4.90 Å². The van der Waals surface area contributed by atoms with Crippen LogP contribution < -0.4 is 16.2 Å². The summed E-state index contributed by atoms with van der Waals surface area (Å²) in [5, 5.41) is 8.42. The second-order valence-electron chi connectivity index (χ2n) is 4.90. The molecule has 2 aromatic rings. The second kappa shape index (κ2) is 6.15. The van der Waals surface area contributed by atoms with Gasteiger partial charge in [0.1, 0.15) is 0 Å². The number of anilines is 2. The van der Waals surface area contributed by atoms with Gasteiger partial charge in [0.15, 0.2) is 0 Å². The summed E-state index contributed by atoms with van der Waals surface area (Å²) in [5.74, 6) is 0. The molecule has 0 amide bonds. The molecule has 0 aliphatic carbocycles. The van der Waals surface area contributed by atoms with Crippen molar-refractivity contribution in [3.8, 4) is 0 Å². The standard InChI is InChI=1S/C15H19N3O2S/c1-11-14(9-13(16)10-15(11)21(17,19)20)18-8-7-12-5-3-2-4-6-12/h2-6,9-10,18H,7-8,16H2,1H3,(H2,17,19,20). The summed E-state index contributed by atoms with van der Waals surface area (Å²) in [4.78, 5) is 0.0599. The van der Waals surface area contributed by atoms with E-state index in [9.17, 15) is 8.42 Å². The average molecular weight is 305 g/mol. The van der Waals surface area contributed by atoms with Gasteiger partial charge in [0.25, 0.3) is 0 Å². The van der Waals surface area contributed by atoms with E-state index in [0.717, 1.165) is 6.42 Å². The summed E-state index contributed by atoms with van der Waals surface area (Å²) in [6.07, 6.45) is 0.833. The van der Waals surface area contributed by atoms with Gasteiger partial charge in [-0.2, -0.15) is 0 Å². The molecule has 0 aromatic heterocycles. The molecule has 0 unspecified atom stereocenters. The molecule has 5 N–H and O–H groups in total. The highest BCUT2D eigenvalue weighted by molar-refractivity contribution is 7.89. The zero-order valence-electron chi connectivity index (χ0n) is 11.8. The van der Waals surface area contributed by atoms with E-state index in [2.05, 4.69) is 5.32 Å². The van der Waals surface area contributed by atoms with Crippen molar-refractivity contribution in [2.75, 3.05) is 17.6 Å². The molecule has 0 radical (unpaired) electrons. The quantitative estimate of drug-likeness (QED) is 0.734. The highest BCUT2D eigenvalue weighted by Crippen LogP contribution is 2.26. The first kappa shape index (κ1) is 15.3. The van der Waals surface area contributed by atoms with E-state index >= 15 is 0 Å². The number of hydrogen-bond donors (Lipinski definition) is 3. The molecule has 21 heavy (non-hydrogen) atoms. The van der Waals surface area contributed by atoms with Crippen LogP contribution >= 0.6 is 0 Å². The Labute approximate surface area is 125 Å². The molecule has 112 valence electrons. The number of sulfonamides is 1. The lowest BCUT2D eigenvalue weighted by atomic mass is 10.1. The number of benzene rings is 2. The Morgan fingerprint density at radius 3 is 2.43 bits per heavy atom. The third kappa shape index (κ3) is 3.96. The monoisotopic (exact) mass is 305 g/mol. The van der Waals surface area contributed by atoms with Crippen molar-refractivity contribution in [1.82, 2.24) is 0 Å². The Balaban J connectivity index is 2.15. The average Bonchev–Trinajstić information content (AvgIpc) is 2.42. The molecule has 2 rings (SSSR count). The van der Waals surface area contributed by atoms with Gasteiger partial charge in [-0.05, 0) is 36.6 Å². The number of hydrogen-bond acceptors (Lipinski definition) is 4. The molecule has 6 heteroatoms. The third-order valence-electron chi connectivity index (χ3n) is 3.26. The molecule has 0 bridgehead atoms. The van der Waals surface area contributed by atoms with Gasteiger partial charge in [-0.25, -0.2) is 13.6 Å². The summed E-state index contributed by atoms with van der Waals surface area (Å²) in [6, 6.07) is 13.1. The Hall–Kier alpha value is -2.05. The SMILES string of the molecule is Cc1c(NCCc2ccccc2)cc(N)cc1S(N)(=O)=O. The normalized spacial score (nSPS) is 11.3. The molecule has 0 spiro atoms. The van der Waals surface area contributed by atoms with Gasteiger partial charge in [0, 0.05) is 17.9 Å². The van der Waals surface area contributed by atoms with Crippen LogP contribution in [0.25, 0.3) is 0 Å². The molecule has 0 atom stereocenters. The van der Waals surface area contributed by atoms with Gasteiger partial charge < -0.3 is 11.1 Å². The van der Waals surface area contributed by atoms with Crippen molar-refractivity contribution in [3.05, 3.63) is 53.6 Å². The summed E-state index contributed by atoms with van der Waals surface area (Å²) in [7, 11) is -3.78. The lowest BCUT2D eigenvalue weighted by molar-refractivity contribution is 0.597. The molecule has 2 aromatic carbocycles. The maximum absolute atomic E-state index is 11.5. The molecule has 0 saturated carbocycles. The fourth-order valence-corrected chi connectivity index (χ4v) is 3.01. The minimum absolute atomic E-state index is 0.0599. The Kier molecular flexibility index (Phi) is 4.50. The maximum Gasteiger partial charge on any atom is 0.238 e. The van der Waals surface area contributed by atoms with Gasteiger partial charge in [-0.1, -0.05) is 30.3 Å². The smallest absolute Gasteiger partial charge is 0.238 e. The van der Waals surface area contributed by atoms with E-state index in [1.54, 1.807) is 13.0 Å². The van der Waals surface area contributed by atoms with Gasteiger partial charge >= 0.3 is 0 Å². The minimum Gasteiger partial charge on any atom is -0.399 e. The fraction of sp³-hybridized carbons (Fsp3) is 0.200. The highest BCUT2D eigenvalue weighted by Gasteiger charge is 2.15. The predicted octanol–water partition coefficient (Wildman–Crippen LogP) is 1.88. The molecule has 0 aliphatic heterocycles. The fourth-order valence-electron chi connectivity index (χ4n) is 2.17. The van der Waals surface area contributed by atoms with E-state index in [-0.39, 0.29) is 4.90 Å². The zero-order chi connectivity index (χ0) is 15.5. The van der Waals surface area contributed by atoms with Crippen molar-refractivity contribution in [3.63, 3.8) is 0 Å². The molecule has 0 saturated heterocycles. The first-order valence-corrected chi connectivity index (χ1v) is 8.13. The molecule has 0 aliphatic rings. The second-order valence-corrected chi connectivity index (χ2v) is 6.43. The Morgan fingerprint density at radius 1 is 1.14 bits per heavy atom.